The van der Waals surface area contributed by atoms with Gasteiger partial charge in [-0.25, -0.2) is 4.79 Å². The second-order valence-corrected chi connectivity index (χ2v) is 4.71. The summed E-state index contributed by atoms with van der Waals surface area (Å²) in [6.45, 7) is 4.00. The predicted octanol–water partition coefficient (Wildman–Crippen LogP) is 3.18. The van der Waals surface area contributed by atoms with E-state index in [1.54, 1.807) is 18.3 Å². The molecule has 0 atom stereocenters. The number of rotatable bonds is 3. The van der Waals surface area contributed by atoms with Crippen molar-refractivity contribution in [3.05, 3.63) is 52.8 Å². The van der Waals surface area contributed by atoms with Crippen LogP contribution in [0.3, 0.4) is 0 Å². The van der Waals surface area contributed by atoms with E-state index in [1.165, 1.54) is 12.8 Å². The van der Waals surface area contributed by atoms with Gasteiger partial charge in [-0.3, -0.25) is 4.99 Å². The van der Waals surface area contributed by atoms with Gasteiger partial charge in [0.25, 0.3) is 0 Å². The summed E-state index contributed by atoms with van der Waals surface area (Å²) in [4.78, 5) is 16.0. The molecule has 0 unspecified atom stereocenters. The van der Waals surface area contributed by atoms with Gasteiger partial charge in [0, 0.05) is 12.7 Å². The number of carbonyl (C=O) groups excluding carboxylic acids is 1. The van der Waals surface area contributed by atoms with Crippen molar-refractivity contribution in [1.82, 2.24) is 4.57 Å². The lowest BCUT2D eigenvalue weighted by Crippen LogP contribution is -2.01. The quantitative estimate of drug-likeness (QED) is 0.635. The minimum atomic E-state index is -0.351. The van der Waals surface area contributed by atoms with E-state index >= 15 is 0 Å². The molecule has 4 nitrogen and oxygen atoms in total. The lowest BCUT2D eigenvalue weighted by Gasteiger charge is -2.04. The first-order chi connectivity index (χ1) is 9.52. The molecular formula is C16H18N2O2. The SMILES string of the molecule is COC(=O)c1ccc(C)c(N=Cc2ccc(C)n2C)c1. The predicted molar refractivity (Wildman–Crippen MR) is 79.9 cm³/mol. The monoisotopic (exact) mass is 270 g/mol. The van der Waals surface area contributed by atoms with E-state index in [2.05, 4.69) is 9.56 Å². The molecule has 0 spiro atoms. The Balaban J connectivity index is 2.33. The molecule has 0 aliphatic rings. The molecule has 2 rings (SSSR count). The highest BCUT2D eigenvalue weighted by Crippen LogP contribution is 2.21. The van der Waals surface area contributed by atoms with Crippen LogP contribution >= 0.6 is 0 Å². The van der Waals surface area contributed by atoms with Gasteiger partial charge in [-0.1, -0.05) is 6.07 Å². The molecule has 0 radical (unpaired) electrons. The van der Waals surface area contributed by atoms with Crippen molar-refractivity contribution < 1.29 is 9.53 Å². The Bertz CT molecular complexity index is 669. The molecule has 0 saturated heterocycles. The average molecular weight is 270 g/mol. The summed E-state index contributed by atoms with van der Waals surface area (Å²) in [6, 6.07) is 9.41. The van der Waals surface area contributed by atoms with Crippen LogP contribution in [-0.4, -0.2) is 23.9 Å². The van der Waals surface area contributed by atoms with E-state index in [9.17, 15) is 4.79 Å². The van der Waals surface area contributed by atoms with Crippen molar-refractivity contribution in [3.8, 4) is 0 Å². The maximum atomic E-state index is 11.5. The van der Waals surface area contributed by atoms with Gasteiger partial charge >= 0.3 is 5.97 Å². The third-order valence-corrected chi connectivity index (χ3v) is 3.38. The lowest BCUT2D eigenvalue weighted by atomic mass is 10.1. The molecule has 4 heteroatoms. The van der Waals surface area contributed by atoms with Crippen LogP contribution in [0.25, 0.3) is 0 Å². The molecule has 1 heterocycles. The molecule has 1 aromatic carbocycles. The number of benzene rings is 1. The van der Waals surface area contributed by atoms with Crippen LogP contribution in [0.15, 0.2) is 35.3 Å². The highest BCUT2D eigenvalue weighted by Gasteiger charge is 2.07. The number of hydrogen-bond acceptors (Lipinski definition) is 3. The van der Waals surface area contributed by atoms with Crippen molar-refractivity contribution in [2.75, 3.05) is 7.11 Å². The molecule has 2 aromatic rings. The van der Waals surface area contributed by atoms with Gasteiger partial charge in [0.15, 0.2) is 0 Å². The first kappa shape index (κ1) is 14.1. The molecule has 0 bridgehead atoms. The van der Waals surface area contributed by atoms with Gasteiger partial charge in [-0.15, -0.1) is 0 Å². The van der Waals surface area contributed by atoms with E-state index in [4.69, 9.17) is 4.74 Å². The molecule has 0 saturated carbocycles. The topological polar surface area (TPSA) is 43.6 Å². The number of ether oxygens (including phenoxy) is 1. The molecular weight excluding hydrogens is 252 g/mol. The summed E-state index contributed by atoms with van der Waals surface area (Å²) in [5.74, 6) is -0.351. The summed E-state index contributed by atoms with van der Waals surface area (Å²) < 4.78 is 6.78. The van der Waals surface area contributed by atoms with E-state index in [1.807, 2.05) is 39.1 Å². The van der Waals surface area contributed by atoms with Crippen molar-refractivity contribution in [3.63, 3.8) is 0 Å². The number of methoxy groups -OCH3 is 1. The van der Waals surface area contributed by atoms with Gasteiger partial charge in [-0.2, -0.15) is 0 Å². The maximum absolute atomic E-state index is 11.5. The summed E-state index contributed by atoms with van der Waals surface area (Å²) in [5.41, 5.74) is 4.48. The summed E-state index contributed by atoms with van der Waals surface area (Å²) >= 11 is 0. The van der Waals surface area contributed by atoms with Crippen molar-refractivity contribution >= 4 is 17.9 Å². The molecule has 0 aliphatic carbocycles. The molecule has 104 valence electrons. The third-order valence-electron chi connectivity index (χ3n) is 3.38. The number of hydrogen-bond donors (Lipinski definition) is 0. The van der Waals surface area contributed by atoms with Gasteiger partial charge in [0.05, 0.1) is 30.3 Å². The highest BCUT2D eigenvalue weighted by molar-refractivity contribution is 5.91. The van der Waals surface area contributed by atoms with Crippen LogP contribution < -0.4 is 0 Å². The van der Waals surface area contributed by atoms with Crippen LogP contribution in [0.5, 0.6) is 0 Å². The molecule has 0 N–H and O–H groups in total. The van der Waals surface area contributed by atoms with E-state index in [-0.39, 0.29) is 5.97 Å². The first-order valence-electron chi connectivity index (χ1n) is 6.38. The van der Waals surface area contributed by atoms with Crippen LogP contribution in [0, 0.1) is 13.8 Å². The molecule has 20 heavy (non-hydrogen) atoms. The smallest absolute Gasteiger partial charge is 0.337 e. The molecule has 0 fully saturated rings. The standard InChI is InChI=1S/C16H18N2O2/c1-11-5-7-13(16(19)20-4)9-15(11)17-10-14-8-6-12(2)18(14)3/h5-10H,1-4H3. The van der Waals surface area contributed by atoms with E-state index in [0.717, 1.165) is 16.9 Å². The van der Waals surface area contributed by atoms with Crippen LogP contribution in [-0.2, 0) is 11.8 Å². The number of carbonyl (C=O) groups is 1. The Kier molecular flexibility index (Phi) is 4.03. The largest absolute Gasteiger partial charge is 0.465 e. The van der Waals surface area contributed by atoms with Crippen molar-refractivity contribution in [2.45, 2.75) is 13.8 Å². The molecule has 0 amide bonds. The fraction of sp³-hybridized carbons (Fsp3) is 0.250. The molecule has 0 aliphatic heterocycles. The van der Waals surface area contributed by atoms with Gasteiger partial charge in [-0.05, 0) is 43.7 Å². The fourth-order valence-corrected chi connectivity index (χ4v) is 1.89. The zero-order chi connectivity index (χ0) is 14.7. The maximum Gasteiger partial charge on any atom is 0.337 e. The second kappa shape index (κ2) is 5.74. The summed E-state index contributed by atoms with van der Waals surface area (Å²) in [6.07, 6.45) is 1.80. The first-order valence-corrected chi connectivity index (χ1v) is 6.38. The van der Waals surface area contributed by atoms with Gasteiger partial charge < -0.3 is 9.30 Å². The Labute approximate surface area is 118 Å². The number of aromatic nitrogens is 1. The Morgan fingerprint density at radius 3 is 2.60 bits per heavy atom. The average Bonchev–Trinajstić information content (AvgIpc) is 2.77. The van der Waals surface area contributed by atoms with Gasteiger partial charge in [0.1, 0.15) is 0 Å². The Morgan fingerprint density at radius 2 is 2.00 bits per heavy atom. The third kappa shape index (κ3) is 2.79. The van der Waals surface area contributed by atoms with E-state index < -0.39 is 0 Å². The number of nitrogens with zero attached hydrogens (tertiary/aromatic N) is 2. The summed E-state index contributed by atoms with van der Waals surface area (Å²) in [5, 5.41) is 0. The minimum absolute atomic E-state index is 0.351. The Hall–Kier alpha value is -2.36. The number of aryl methyl sites for hydroxylation is 2. The van der Waals surface area contributed by atoms with Crippen molar-refractivity contribution in [2.24, 2.45) is 12.0 Å². The fourth-order valence-electron chi connectivity index (χ4n) is 1.89. The van der Waals surface area contributed by atoms with Crippen molar-refractivity contribution in [1.29, 1.82) is 0 Å². The summed E-state index contributed by atoms with van der Waals surface area (Å²) in [7, 11) is 3.37. The highest BCUT2D eigenvalue weighted by atomic mass is 16.5. The van der Waals surface area contributed by atoms with Crippen LogP contribution in [0.1, 0.15) is 27.3 Å². The van der Waals surface area contributed by atoms with Crippen LogP contribution in [0.2, 0.25) is 0 Å². The second-order valence-electron chi connectivity index (χ2n) is 4.71. The Morgan fingerprint density at radius 1 is 1.25 bits per heavy atom. The number of aliphatic imine (C=N–C) groups is 1. The van der Waals surface area contributed by atoms with Crippen LogP contribution in [0.4, 0.5) is 5.69 Å². The van der Waals surface area contributed by atoms with E-state index in [0.29, 0.717) is 5.56 Å². The minimum Gasteiger partial charge on any atom is -0.465 e. The zero-order valence-corrected chi connectivity index (χ0v) is 12.2. The number of esters is 1. The zero-order valence-electron chi connectivity index (χ0n) is 12.2. The normalized spacial score (nSPS) is 11.0. The molecule has 1 aromatic heterocycles. The van der Waals surface area contributed by atoms with Gasteiger partial charge in [0.2, 0.25) is 0 Å². The lowest BCUT2D eigenvalue weighted by molar-refractivity contribution is 0.0601.